The van der Waals surface area contributed by atoms with Crippen molar-refractivity contribution in [3.05, 3.63) is 29.8 Å². The third kappa shape index (κ3) is 3.75. The normalized spacial score (nSPS) is 16.4. The van der Waals surface area contributed by atoms with Gasteiger partial charge in [-0.15, -0.1) is 0 Å². The molecule has 1 aliphatic rings. The molecule has 0 atom stereocenters. The lowest BCUT2D eigenvalue weighted by atomic mass is 9.66. The number of hydrogen-bond donors (Lipinski definition) is 2. The molecule has 1 amide bonds. The average molecular weight is 274 g/mol. The van der Waals surface area contributed by atoms with E-state index in [1.807, 2.05) is 24.3 Å². The zero-order chi connectivity index (χ0) is 14.4. The fourth-order valence-corrected chi connectivity index (χ4v) is 3.11. The van der Waals surface area contributed by atoms with Gasteiger partial charge in [-0.25, -0.2) is 0 Å². The van der Waals surface area contributed by atoms with Crippen LogP contribution in [-0.2, 0) is 11.2 Å². The summed E-state index contributed by atoms with van der Waals surface area (Å²) in [5, 5.41) is 3.12. The first-order valence-corrected chi connectivity index (χ1v) is 7.75. The summed E-state index contributed by atoms with van der Waals surface area (Å²) in [4.78, 5) is 12.0. The van der Waals surface area contributed by atoms with Crippen molar-refractivity contribution in [1.29, 1.82) is 0 Å². The first-order chi connectivity index (χ1) is 9.65. The van der Waals surface area contributed by atoms with Crippen molar-refractivity contribution in [2.75, 3.05) is 12.3 Å². The summed E-state index contributed by atoms with van der Waals surface area (Å²) in [5.41, 5.74) is 8.13. The Balaban J connectivity index is 1.74. The molecule has 0 saturated heterocycles. The summed E-state index contributed by atoms with van der Waals surface area (Å²) >= 11 is 0. The molecule has 3 nitrogen and oxygen atoms in total. The van der Waals surface area contributed by atoms with Crippen LogP contribution < -0.4 is 11.1 Å². The predicted molar refractivity (Wildman–Crippen MR) is 83.4 cm³/mol. The molecule has 0 unspecified atom stereocenters. The molecule has 3 heteroatoms. The van der Waals surface area contributed by atoms with Crippen LogP contribution in [-0.4, -0.2) is 12.5 Å². The van der Waals surface area contributed by atoms with Gasteiger partial charge in [0.15, 0.2) is 0 Å². The van der Waals surface area contributed by atoms with E-state index < -0.39 is 0 Å². The summed E-state index contributed by atoms with van der Waals surface area (Å²) in [6.07, 6.45) is 7.54. The molecule has 0 spiro atoms. The molecule has 0 bridgehead atoms. The molecule has 0 heterocycles. The van der Waals surface area contributed by atoms with Gasteiger partial charge in [0.05, 0.1) is 0 Å². The molecule has 0 radical (unpaired) electrons. The smallest absolute Gasteiger partial charge is 0.220 e. The van der Waals surface area contributed by atoms with Crippen LogP contribution in [0.1, 0.15) is 51.0 Å². The standard InChI is InChI=1S/C17H26N2O/c1-2-10-17(11-5-12-17)13-19-16(20)9-8-14-6-3-4-7-15(14)18/h3-4,6-7H,2,5,8-13,18H2,1H3,(H,19,20). The number of carbonyl (C=O) groups is 1. The van der Waals surface area contributed by atoms with Gasteiger partial charge in [0, 0.05) is 18.7 Å². The number of hydrogen-bond acceptors (Lipinski definition) is 2. The molecular formula is C17H26N2O. The van der Waals surface area contributed by atoms with Crippen molar-refractivity contribution in [3.8, 4) is 0 Å². The molecule has 0 aromatic heterocycles. The Morgan fingerprint density at radius 3 is 2.70 bits per heavy atom. The Labute approximate surface area is 121 Å². The molecule has 1 aromatic carbocycles. The van der Waals surface area contributed by atoms with Crippen LogP contribution in [0.25, 0.3) is 0 Å². The highest BCUT2D eigenvalue weighted by Gasteiger charge is 2.35. The lowest BCUT2D eigenvalue weighted by molar-refractivity contribution is -0.122. The van der Waals surface area contributed by atoms with Gasteiger partial charge in [-0.05, 0) is 42.7 Å². The maximum Gasteiger partial charge on any atom is 0.220 e. The Hall–Kier alpha value is -1.51. The largest absolute Gasteiger partial charge is 0.399 e. The van der Waals surface area contributed by atoms with E-state index >= 15 is 0 Å². The van der Waals surface area contributed by atoms with Gasteiger partial charge in [0.1, 0.15) is 0 Å². The van der Waals surface area contributed by atoms with E-state index in [2.05, 4.69) is 12.2 Å². The van der Waals surface area contributed by atoms with Gasteiger partial charge in [-0.2, -0.15) is 0 Å². The Bertz CT molecular complexity index is 452. The van der Waals surface area contributed by atoms with E-state index in [0.29, 0.717) is 11.8 Å². The van der Waals surface area contributed by atoms with Crippen LogP contribution in [0.5, 0.6) is 0 Å². The summed E-state index contributed by atoms with van der Waals surface area (Å²) in [7, 11) is 0. The molecule has 0 aliphatic heterocycles. The average Bonchev–Trinajstić information content (AvgIpc) is 2.40. The lowest BCUT2D eigenvalue weighted by Crippen LogP contribution is -2.42. The zero-order valence-corrected chi connectivity index (χ0v) is 12.5. The highest BCUT2D eigenvalue weighted by molar-refractivity contribution is 5.76. The van der Waals surface area contributed by atoms with Crippen molar-refractivity contribution in [3.63, 3.8) is 0 Å². The van der Waals surface area contributed by atoms with E-state index in [-0.39, 0.29) is 5.91 Å². The Kier molecular flexibility index (Phi) is 5.05. The van der Waals surface area contributed by atoms with E-state index in [4.69, 9.17) is 5.73 Å². The van der Waals surface area contributed by atoms with Gasteiger partial charge in [-0.3, -0.25) is 4.79 Å². The number of amides is 1. The number of nitrogens with one attached hydrogen (secondary N) is 1. The highest BCUT2D eigenvalue weighted by atomic mass is 16.1. The molecule has 1 aliphatic carbocycles. The van der Waals surface area contributed by atoms with Crippen LogP contribution in [0.4, 0.5) is 5.69 Å². The number of para-hydroxylation sites is 1. The predicted octanol–water partition coefficient (Wildman–Crippen LogP) is 3.29. The van der Waals surface area contributed by atoms with E-state index in [1.54, 1.807) is 0 Å². The number of nitrogen functional groups attached to an aromatic ring is 1. The third-order valence-corrected chi connectivity index (χ3v) is 4.53. The molecule has 20 heavy (non-hydrogen) atoms. The number of aryl methyl sites for hydroxylation is 1. The number of benzene rings is 1. The van der Waals surface area contributed by atoms with Crippen molar-refractivity contribution in [1.82, 2.24) is 5.32 Å². The summed E-state index contributed by atoms with van der Waals surface area (Å²) in [6.45, 7) is 3.07. The van der Waals surface area contributed by atoms with Crippen molar-refractivity contribution >= 4 is 11.6 Å². The second-order valence-corrected chi connectivity index (χ2v) is 6.08. The van der Waals surface area contributed by atoms with Crippen molar-refractivity contribution in [2.45, 2.75) is 51.9 Å². The molecule has 1 fully saturated rings. The second-order valence-electron chi connectivity index (χ2n) is 6.08. The number of nitrogens with two attached hydrogens (primary N) is 1. The van der Waals surface area contributed by atoms with Crippen LogP contribution in [0.15, 0.2) is 24.3 Å². The van der Waals surface area contributed by atoms with Gasteiger partial charge >= 0.3 is 0 Å². The minimum Gasteiger partial charge on any atom is -0.399 e. The van der Waals surface area contributed by atoms with Crippen LogP contribution >= 0.6 is 0 Å². The summed E-state index contributed by atoms with van der Waals surface area (Å²) < 4.78 is 0. The van der Waals surface area contributed by atoms with E-state index in [9.17, 15) is 4.79 Å². The SMILES string of the molecule is CCCC1(CNC(=O)CCc2ccccc2N)CCC1. The summed E-state index contributed by atoms with van der Waals surface area (Å²) in [5.74, 6) is 0.149. The van der Waals surface area contributed by atoms with Crippen LogP contribution in [0, 0.1) is 5.41 Å². The fraction of sp³-hybridized carbons (Fsp3) is 0.588. The second kappa shape index (κ2) is 6.78. The molecular weight excluding hydrogens is 248 g/mol. The highest BCUT2D eigenvalue weighted by Crippen LogP contribution is 2.44. The van der Waals surface area contributed by atoms with Gasteiger partial charge in [-0.1, -0.05) is 38.0 Å². The van der Waals surface area contributed by atoms with Crippen molar-refractivity contribution in [2.24, 2.45) is 5.41 Å². The van der Waals surface area contributed by atoms with Crippen molar-refractivity contribution < 1.29 is 4.79 Å². The molecule has 2 rings (SSSR count). The van der Waals surface area contributed by atoms with Crippen LogP contribution in [0.3, 0.4) is 0 Å². The first kappa shape index (κ1) is 14.9. The third-order valence-electron chi connectivity index (χ3n) is 4.53. The number of rotatable bonds is 7. The lowest BCUT2D eigenvalue weighted by Gasteiger charge is -2.42. The van der Waals surface area contributed by atoms with E-state index in [0.717, 1.165) is 24.2 Å². The van der Waals surface area contributed by atoms with Gasteiger partial charge in [0.25, 0.3) is 0 Å². The molecule has 1 saturated carbocycles. The van der Waals surface area contributed by atoms with E-state index in [1.165, 1.54) is 32.1 Å². The maximum absolute atomic E-state index is 12.0. The minimum atomic E-state index is 0.149. The summed E-state index contributed by atoms with van der Waals surface area (Å²) in [6, 6.07) is 7.77. The topological polar surface area (TPSA) is 55.1 Å². The zero-order valence-electron chi connectivity index (χ0n) is 12.5. The number of carbonyl (C=O) groups excluding carboxylic acids is 1. The Morgan fingerprint density at radius 2 is 2.10 bits per heavy atom. The first-order valence-electron chi connectivity index (χ1n) is 7.75. The molecule has 1 aromatic rings. The van der Waals surface area contributed by atoms with Crippen LogP contribution in [0.2, 0.25) is 0 Å². The quantitative estimate of drug-likeness (QED) is 0.750. The minimum absolute atomic E-state index is 0.149. The monoisotopic (exact) mass is 274 g/mol. The Morgan fingerprint density at radius 1 is 1.35 bits per heavy atom. The van der Waals surface area contributed by atoms with Gasteiger partial charge < -0.3 is 11.1 Å². The molecule has 3 N–H and O–H groups in total. The maximum atomic E-state index is 12.0. The molecule has 110 valence electrons. The number of anilines is 1. The van der Waals surface area contributed by atoms with Gasteiger partial charge in [0.2, 0.25) is 5.91 Å². The fourth-order valence-electron chi connectivity index (χ4n) is 3.11.